The first-order valence-corrected chi connectivity index (χ1v) is 7.35. The normalized spacial score (nSPS) is 19.8. The molecule has 0 spiro atoms. The van der Waals surface area contributed by atoms with Gasteiger partial charge in [-0.25, -0.2) is 0 Å². The molecule has 20 heavy (non-hydrogen) atoms. The summed E-state index contributed by atoms with van der Waals surface area (Å²) in [7, 11) is 0. The molecule has 5 heteroatoms. The van der Waals surface area contributed by atoms with Gasteiger partial charge in [-0.15, -0.1) is 12.4 Å². The van der Waals surface area contributed by atoms with E-state index in [4.69, 9.17) is 11.6 Å². The van der Waals surface area contributed by atoms with Crippen molar-refractivity contribution in [3.05, 3.63) is 34.9 Å². The Morgan fingerprint density at radius 2 is 2.15 bits per heavy atom. The number of halogens is 2. The van der Waals surface area contributed by atoms with Crippen LogP contribution in [0.2, 0.25) is 5.02 Å². The summed E-state index contributed by atoms with van der Waals surface area (Å²) in [6.45, 7) is 3.90. The topological polar surface area (TPSA) is 41.1 Å². The van der Waals surface area contributed by atoms with Crippen LogP contribution in [0.4, 0.5) is 0 Å². The maximum Gasteiger partial charge on any atom is 0.224 e. The van der Waals surface area contributed by atoms with Crippen LogP contribution in [0.1, 0.15) is 37.8 Å². The number of carbonyl (C=O) groups is 1. The smallest absolute Gasteiger partial charge is 0.224 e. The van der Waals surface area contributed by atoms with Gasteiger partial charge in [0, 0.05) is 11.6 Å². The van der Waals surface area contributed by atoms with Crippen LogP contribution in [0.3, 0.4) is 0 Å². The van der Waals surface area contributed by atoms with Crippen molar-refractivity contribution in [2.45, 2.75) is 32.2 Å². The number of amides is 1. The number of benzene rings is 1. The van der Waals surface area contributed by atoms with Gasteiger partial charge in [0.2, 0.25) is 5.91 Å². The van der Waals surface area contributed by atoms with Gasteiger partial charge in [0.1, 0.15) is 0 Å². The molecular weight excluding hydrogens is 295 g/mol. The van der Waals surface area contributed by atoms with Gasteiger partial charge >= 0.3 is 0 Å². The van der Waals surface area contributed by atoms with Crippen molar-refractivity contribution in [3.8, 4) is 0 Å². The van der Waals surface area contributed by atoms with Gasteiger partial charge in [0.05, 0.1) is 12.0 Å². The van der Waals surface area contributed by atoms with Crippen molar-refractivity contribution in [3.63, 3.8) is 0 Å². The van der Waals surface area contributed by atoms with Crippen LogP contribution in [0.5, 0.6) is 0 Å². The Hall–Kier alpha value is -0.770. The molecule has 1 aliphatic rings. The zero-order valence-corrected chi connectivity index (χ0v) is 13.3. The Kier molecular flexibility index (Phi) is 7.35. The summed E-state index contributed by atoms with van der Waals surface area (Å²) >= 11 is 5.89. The summed E-state index contributed by atoms with van der Waals surface area (Å²) in [4.78, 5) is 12.2. The van der Waals surface area contributed by atoms with Crippen LogP contribution in [-0.2, 0) is 4.79 Å². The summed E-state index contributed by atoms with van der Waals surface area (Å²) in [5, 5.41) is 7.15. The van der Waals surface area contributed by atoms with Gasteiger partial charge in [0.25, 0.3) is 0 Å². The van der Waals surface area contributed by atoms with Crippen LogP contribution >= 0.6 is 24.0 Å². The Bertz CT molecular complexity index is 416. The molecule has 112 valence electrons. The molecule has 2 atom stereocenters. The molecule has 2 N–H and O–H groups in total. The molecule has 1 aromatic carbocycles. The summed E-state index contributed by atoms with van der Waals surface area (Å²) in [5.41, 5.74) is 1.11. The molecule has 1 heterocycles. The fourth-order valence-electron chi connectivity index (χ4n) is 2.48. The second kappa shape index (κ2) is 8.50. The molecule has 2 rings (SSSR count). The van der Waals surface area contributed by atoms with Crippen LogP contribution in [0, 0.1) is 5.92 Å². The van der Waals surface area contributed by atoms with Crippen molar-refractivity contribution in [2.75, 3.05) is 13.1 Å². The predicted octanol–water partition coefficient (Wildman–Crippen LogP) is 3.33. The lowest BCUT2D eigenvalue weighted by atomic mass is 9.97. The highest BCUT2D eigenvalue weighted by Crippen LogP contribution is 2.20. The number of carbonyl (C=O) groups excluding carboxylic acids is 1. The van der Waals surface area contributed by atoms with Gasteiger partial charge in [-0.2, -0.15) is 0 Å². The molecule has 1 unspecified atom stereocenters. The summed E-state index contributed by atoms with van der Waals surface area (Å²) in [5.74, 6) is 0.268. The van der Waals surface area contributed by atoms with Gasteiger partial charge < -0.3 is 10.6 Å². The molecule has 0 aliphatic carbocycles. The van der Waals surface area contributed by atoms with Crippen molar-refractivity contribution in [1.82, 2.24) is 10.6 Å². The Morgan fingerprint density at radius 1 is 1.45 bits per heavy atom. The minimum Gasteiger partial charge on any atom is -0.349 e. The number of nitrogens with one attached hydrogen (secondary N) is 2. The lowest BCUT2D eigenvalue weighted by molar-refractivity contribution is -0.126. The van der Waals surface area contributed by atoms with E-state index in [1.165, 1.54) is 0 Å². The standard InChI is InChI=1S/C15H21ClN2O.ClH/c1-2-14(11-5-7-13(16)8-6-11)18-15(19)12-4-3-9-17-10-12;/h5-8,12,14,17H,2-4,9-10H2,1H3,(H,18,19);1H/t12-,14?;/m1./s1. The first-order chi connectivity index (χ1) is 9.20. The molecule has 3 nitrogen and oxygen atoms in total. The average Bonchev–Trinajstić information content (AvgIpc) is 2.46. The highest BCUT2D eigenvalue weighted by Gasteiger charge is 2.23. The minimum absolute atomic E-state index is 0. The number of hydrogen-bond acceptors (Lipinski definition) is 2. The van der Waals surface area contributed by atoms with Crippen molar-refractivity contribution < 1.29 is 4.79 Å². The highest BCUT2D eigenvalue weighted by molar-refractivity contribution is 6.30. The zero-order valence-electron chi connectivity index (χ0n) is 11.7. The highest BCUT2D eigenvalue weighted by atomic mass is 35.5. The van der Waals surface area contributed by atoms with Crippen LogP contribution in [0.25, 0.3) is 0 Å². The molecule has 0 aromatic heterocycles. The predicted molar refractivity (Wildman–Crippen MR) is 85.5 cm³/mol. The molecular formula is C15H22Cl2N2O. The molecule has 1 fully saturated rings. The molecule has 1 aliphatic heterocycles. The van der Waals surface area contributed by atoms with Gasteiger partial charge in [-0.05, 0) is 43.5 Å². The summed E-state index contributed by atoms with van der Waals surface area (Å²) in [6.07, 6.45) is 2.94. The maximum absolute atomic E-state index is 12.2. The van der Waals surface area contributed by atoms with E-state index in [0.29, 0.717) is 0 Å². The monoisotopic (exact) mass is 316 g/mol. The zero-order chi connectivity index (χ0) is 13.7. The third kappa shape index (κ3) is 4.65. The number of hydrogen-bond donors (Lipinski definition) is 2. The fourth-order valence-corrected chi connectivity index (χ4v) is 2.61. The molecule has 1 amide bonds. The number of piperidine rings is 1. The Labute approximate surface area is 131 Å². The summed E-state index contributed by atoms with van der Waals surface area (Å²) < 4.78 is 0. The second-order valence-electron chi connectivity index (χ2n) is 5.06. The van der Waals surface area contributed by atoms with Crippen LogP contribution in [0.15, 0.2) is 24.3 Å². The second-order valence-corrected chi connectivity index (χ2v) is 5.50. The van der Waals surface area contributed by atoms with E-state index in [2.05, 4.69) is 17.6 Å². The first kappa shape index (κ1) is 17.3. The third-order valence-electron chi connectivity index (χ3n) is 3.66. The maximum atomic E-state index is 12.2. The van der Waals surface area contributed by atoms with Crippen LogP contribution in [-0.4, -0.2) is 19.0 Å². The molecule has 0 radical (unpaired) electrons. The molecule has 1 saturated heterocycles. The van der Waals surface area contributed by atoms with E-state index in [9.17, 15) is 4.79 Å². The molecule has 0 saturated carbocycles. The molecule has 1 aromatic rings. The lowest BCUT2D eigenvalue weighted by Crippen LogP contribution is -2.41. The third-order valence-corrected chi connectivity index (χ3v) is 3.92. The number of rotatable bonds is 4. The quantitative estimate of drug-likeness (QED) is 0.894. The van der Waals surface area contributed by atoms with E-state index in [0.717, 1.165) is 42.9 Å². The van der Waals surface area contributed by atoms with Crippen molar-refractivity contribution in [1.29, 1.82) is 0 Å². The Balaban J connectivity index is 0.00000200. The van der Waals surface area contributed by atoms with Crippen LogP contribution < -0.4 is 10.6 Å². The van der Waals surface area contributed by atoms with Crippen molar-refractivity contribution in [2.24, 2.45) is 5.92 Å². The van der Waals surface area contributed by atoms with Gasteiger partial charge in [0.15, 0.2) is 0 Å². The first-order valence-electron chi connectivity index (χ1n) is 6.97. The minimum atomic E-state index is 0. The SMILES string of the molecule is CCC(NC(=O)[C@@H]1CCCNC1)c1ccc(Cl)cc1.Cl. The summed E-state index contributed by atoms with van der Waals surface area (Å²) in [6, 6.07) is 7.78. The fraction of sp³-hybridized carbons (Fsp3) is 0.533. The lowest BCUT2D eigenvalue weighted by Gasteiger charge is -2.25. The van der Waals surface area contributed by atoms with E-state index < -0.39 is 0 Å². The van der Waals surface area contributed by atoms with E-state index >= 15 is 0 Å². The van der Waals surface area contributed by atoms with Crippen molar-refractivity contribution >= 4 is 29.9 Å². The largest absolute Gasteiger partial charge is 0.349 e. The van der Waals surface area contributed by atoms with Gasteiger partial charge in [-0.1, -0.05) is 30.7 Å². The average molecular weight is 317 g/mol. The van der Waals surface area contributed by atoms with E-state index in [-0.39, 0.29) is 30.3 Å². The molecule has 0 bridgehead atoms. The van der Waals surface area contributed by atoms with Gasteiger partial charge in [-0.3, -0.25) is 4.79 Å². The van der Waals surface area contributed by atoms with E-state index in [1.54, 1.807) is 0 Å². The Morgan fingerprint density at radius 3 is 2.70 bits per heavy atom. The van der Waals surface area contributed by atoms with E-state index in [1.807, 2.05) is 24.3 Å².